The fraction of sp³-hybridized carbons (Fsp3) is 0.857. The first kappa shape index (κ1) is 17.9. The molecule has 0 amide bonds. The second-order valence-electron chi connectivity index (χ2n) is 5.17. The van der Waals surface area contributed by atoms with Gasteiger partial charge in [-0.1, -0.05) is 0 Å². The Morgan fingerprint density at radius 2 is 1.74 bits per heavy atom. The molecule has 19 heavy (non-hydrogen) atoms. The average molecular weight is 274 g/mol. The molecule has 1 unspecified atom stereocenters. The first-order valence-electron chi connectivity index (χ1n) is 6.80. The van der Waals surface area contributed by atoms with Crippen molar-refractivity contribution < 1.29 is 23.8 Å². The number of hydrogen-bond acceptors (Lipinski definition) is 5. The van der Waals surface area contributed by atoms with Crippen LogP contribution < -0.4 is 0 Å². The number of carbonyl (C=O) groups is 2. The second-order valence-corrected chi connectivity index (χ2v) is 5.17. The van der Waals surface area contributed by atoms with Gasteiger partial charge in [0.15, 0.2) is 6.10 Å². The summed E-state index contributed by atoms with van der Waals surface area (Å²) in [6, 6.07) is 0. The lowest BCUT2D eigenvalue weighted by Gasteiger charge is -2.20. The molecule has 0 aromatic carbocycles. The van der Waals surface area contributed by atoms with Crippen molar-refractivity contribution in [3.63, 3.8) is 0 Å². The number of hydrogen-bond donors (Lipinski definition) is 0. The van der Waals surface area contributed by atoms with Gasteiger partial charge in [-0.05, 0) is 47.5 Å². The largest absolute Gasteiger partial charge is 0.464 e. The molecule has 112 valence electrons. The van der Waals surface area contributed by atoms with Crippen molar-refractivity contribution in [2.75, 3.05) is 13.2 Å². The van der Waals surface area contributed by atoms with Gasteiger partial charge < -0.3 is 14.2 Å². The van der Waals surface area contributed by atoms with Crippen molar-refractivity contribution in [2.24, 2.45) is 0 Å². The molecule has 1 atom stereocenters. The van der Waals surface area contributed by atoms with Crippen LogP contribution in [0.2, 0.25) is 0 Å². The third kappa shape index (κ3) is 9.47. The fourth-order valence-corrected chi connectivity index (χ4v) is 1.53. The average Bonchev–Trinajstić information content (AvgIpc) is 2.25. The van der Waals surface area contributed by atoms with E-state index in [0.717, 1.165) is 0 Å². The van der Waals surface area contributed by atoms with Crippen molar-refractivity contribution in [3.8, 4) is 0 Å². The zero-order valence-corrected chi connectivity index (χ0v) is 12.7. The van der Waals surface area contributed by atoms with E-state index < -0.39 is 11.7 Å². The Hall–Kier alpha value is -1.10. The van der Waals surface area contributed by atoms with Crippen molar-refractivity contribution in [1.82, 2.24) is 0 Å². The van der Waals surface area contributed by atoms with Crippen LogP contribution in [0, 0.1) is 0 Å². The van der Waals surface area contributed by atoms with Crippen LogP contribution in [0.4, 0.5) is 0 Å². The molecule has 0 spiro atoms. The maximum absolute atomic E-state index is 11.6. The summed E-state index contributed by atoms with van der Waals surface area (Å²) in [5, 5.41) is 0. The Balaban J connectivity index is 4.05. The second kappa shape index (κ2) is 8.91. The van der Waals surface area contributed by atoms with Gasteiger partial charge in [-0.3, -0.25) is 4.79 Å². The lowest BCUT2D eigenvalue weighted by Crippen LogP contribution is -2.27. The molecule has 0 fully saturated rings. The summed E-state index contributed by atoms with van der Waals surface area (Å²) in [4.78, 5) is 23.1. The molecule has 0 heterocycles. The summed E-state index contributed by atoms with van der Waals surface area (Å²) >= 11 is 0. The van der Waals surface area contributed by atoms with Gasteiger partial charge in [-0.25, -0.2) is 4.79 Å². The van der Waals surface area contributed by atoms with Crippen LogP contribution >= 0.6 is 0 Å². The molecule has 0 saturated heterocycles. The van der Waals surface area contributed by atoms with Gasteiger partial charge in [0.2, 0.25) is 0 Å². The highest BCUT2D eigenvalue weighted by Gasteiger charge is 2.21. The Bertz CT molecular complexity index is 280. The Morgan fingerprint density at radius 3 is 2.21 bits per heavy atom. The summed E-state index contributed by atoms with van der Waals surface area (Å²) in [5.41, 5.74) is -0.475. The van der Waals surface area contributed by atoms with E-state index in [1.807, 2.05) is 27.7 Å². The Morgan fingerprint density at radius 1 is 1.11 bits per heavy atom. The number of esters is 2. The van der Waals surface area contributed by atoms with Gasteiger partial charge in [0.25, 0.3) is 0 Å². The van der Waals surface area contributed by atoms with Gasteiger partial charge in [-0.2, -0.15) is 0 Å². The van der Waals surface area contributed by atoms with E-state index in [4.69, 9.17) is 14.2 Å². The molecule has 0 radical (unpaired) electrons. The molecule has 0 aliphatic heterocycles. The monoisotopic (exact) mass is 274 g/mol. The van der Waals surface area contributed by atoms with E-state index in [1.165, 1.54) is 0 Å². The normalized spacial score (nSPS) is 12.9. The van der Waals surface area contributed by atoms with Crippen molar-refractivity contribution >= 4 is 11.9 Å². The molecule has 0 aromatic rings. The molecule has 0 N–H and O–H groups in total. The van der Waals surface area contributed by atoms with Crippen LogP contribution in [0.1, 0.15) is 53.9 Å². The van der Waals surface area contributed by atoms with Gasteiger partial charge >= 0.3 is 11.9 Å². The molecule has 0 aliphatic rings. The van der Waals surface area contributed by atoms with Gasteiger partial charge in [0.1, 0.15) is 5.60 Å². The van der Waals surface area contributed by atoms with Gasteiger partial charge in [-0.15, -0.1) is 0 Å². The van der Waals surface area contributed by atoms with Crippen LogP contribution in [-0.4, -0.2) is 36.9 Å². The molecule has 0 aromatic heterocycles. The van der Waals surface area contributed by atoms with E-state index in [9.17, 15) is 9.59 Å². The van der Waals surface area contributed by atoms with E-state index in [-0.39, 0.29) is 18.4 Å². The van der Waals surface area contributed by atoms with Crippen molar-refractivity contribution in [1.29, 1.82) is 0 Å². The highest BCUT2D eigenvalue weighted by molar-refractivity contribution is 5.75. The lowest BCUT2D eigenvalue weighted by molar-refractivity contribution is -0.159. The van der Waals surface area contributed by atoms with Crippen LogP contribution in [-0.2, 0) is 23.8 Å². The van der Waals surface area contributed by atoms with E-state index >= 15 is 0 Å². The summed E-state index contributed by atoms with van der Waals surface area (Å²) in [5.74, 6) is -0.625. The number of carbonyl (C=O) groups excluding carboxylic acids is 2. The minimum atomic E-state index is -0.590. The van der Waals surface area contributed by atoms with E-state index in [2.05, 4.69) is 0 Å². The summed E-state index contributed by atoms with van der Waals surface area (Å²) < 4.78 is 15.4. The summed E-state index contributed by atoms with van der Waals surface area (Å²) in [7, 11) is 0. The SMILES string of the molecule is CCOC(=O)C(CCCC(=O)OC(C)(C)C)OCC. The molecule has 5 nitrogen and oxygen atoms in total. The predicted octanol–water partition coefficient (Wildman–Crippen LogP) is 2.47. The predicted molar refractivity (Wildman–Crippen MR) is 71.7 cm³/mol. The number of rotatable bonds is 8. The molecule has 0 aliphatic carbocycles. The van der Waals surface area contributed by atoms with Crippen molar-refractivity contribution in [2.45, 2.75) is 65.6 Å². The first-order chi connectivity index (χ1) is 8.80. The van der Waals surface area contributed by atoms with E-state index in [1.54, 1.807) is 6.92 Å². The zero-order chi connectivity index (χ0) is 14.9. The minimum Gasteiger partial charge on any atom is -0.464 e. The minimum absolute atomic E-state index is 0.258. The van der Waals surface area contributed by atoms with Crippen LogP contribution in [0.15, 0.2) is 0 Å². The Kier molecular flexibility index (Phi) is 8.39. The maximum Gasteiger partial charge on any atom is 0.335 e. The van der Waals surface area contributed by atoms with Crippen molar-refractivity contribution in [3.05, 3.63) is 0 Å². The first-order valence-corrected chi connectivity index (χ1v) is 6.80. The summed E-state index contributed by atoms with van der Waals surface area (Å²) in [6.45, 7) is 9.82. The molecule has 5 heteroatoms. The molecule has 0 saturated carbocycles. The summed E-state index contributed by atoms with van der Waals surface area (Å²) in [6.07, 6.45) is 0.692. The Labute approximate surface area is 115 Å². The molecule has 0 bridgehead atoms. The third-order valence-electron chi connectivity index (χ3n) is 2.18. The fourth-order valence-electron chi connectivity index (χ4n) is 1.53. The molecular formula is C14H26O5. The van der Waals surface area contributed by atoms with Gasteiger partial charge in [0.05, 0.1) is 6.61 Å². The van der Waals surface area contributed by atoms with Crippen LogP contribution in [0.5, 0.6) is 0 Å². The smallest absolute Gasteiger partial charge is 0.335 e. The van der Waals surface area contributed by atoms with Crippen LogP contribution in [0.3, 0.4) is 0 Å². The number of ether oxygens (including phenoxy) is 3. The lowest BCUT2D eigenvalue weighted by atomic mass is 10.1. The van der Waals surface area contributed by atoms with Gasteiger partial charge in [0, 0.05) is 13.0 Å². The molecular weight excluding hydrogens is 248 g/mol. The topological polar surface area (TPSA) is 61.8 Å². The van der Waals surface area contributed by atoms with Crippen LogP contribution in [0.25, 0.3) is 0 Å². The van der Waals surface area contributed by atoms with E-state index in [0.29, 0.717) is 26.1 Å². The highest BCUT2D eigenvalue weighted by atomic mass is 16.6. The highest BCUT2D eigenvalue weighted by Crippen LogP contribution is 2.12. The maximum atomic E-state index is 11.6. The zero-order valence-electron chi connectivity index (χ0n) is 12.7. The molecule has 0 rings (SSSR count). The third-order valence-corrected chi connectivity index (χ3v) is 2.18. The quantitative estimate of drug-likeness (QED) is 0.636. The standard InChI is InChI=1S/C14H26O5/c1-6-17-11(13(16)18-7-2)9-8-10-12(15)19-14(3,4)5/h11H,6-10H2,1-5H3.